The molecule has 3 aliphatic heterocycles. The molecule has 0 aromatic heterocycles. The smallest absolute Gasteiger partial charge is 0.243 e. The molecule has 37 nitrogen and oxygen atoms in total. The lowest BCUT2D eigenvalue weighted by Crippen LogP contribution is -2.64. The molecule has 10 amide bonds. The Morgan fingerprint density at radius 2 is 0.802 bits per heavy atom. The summed E-state index contributed by atoms with van der Waals surface area (Å²) in [6.07, 6.45) is -9.13. The van der Waals surface area contributed by atoms with Crippen molar-refractivity contribution in [3.8, 4) is 0 Å². The summed E-state index contributed by atoms with van der Waals surface area (Å²) in [6.45, 7) is 3.20. The number of amides is 10. The molecule has 634 valence electrons. The van der Waals surface area contributed by atoms with Gasteiger partial charge in [0.15, 0.2) is 18.9 Å². The van der Waals surface area contributed by atoms with Crippen molar-refractivity contribution in [1.29, 1.82) is 0 Å². The highest BCUT2D eigenvalue weighted by Gasteiger charge is 2.48. The van der Waals surface area contributed by atoms with Gasteiger partial charge in [0.05, 0.1) is 26.4 Å². The van der Waals surface area contributed by atoms with E-state index in [1.165, 1.54) is 20.8 Å². The number of carbonyl (C=O) groups excluding carboxylic acids is 10. The third kappa shape index (κ3) is 37.4. The second-order valence-electron chi connectivity index (χ2n) is 28.4. The molecule has 0 bridgehead atoms. The maximum atomic E-state index is 14.6. The van der Waals surface area contributed by atoms with Gasteiger partial charge in [-0.1, -0.05) is 36.8 Å². The highest BCUT2D eigenvalue weighted by molar-refractivity contribution is 5.92. The number of rotatable bonds is 56. The highest BCUT2D eigenvalue weighted by Crippen LogP contribution is 2.26. The molecule has 37 heteroatoms. The van der Waals surface area contributed by atoms with E-state index in [0.717, 1.165) is 5.56 Å². The summed E-state index contributed by atoms with van der Waals surface area (Å²) in [5.41, 5.74) is 0.749. The van der Waals surface area contributed by atoms with Gasteiger partial charge in [0.2, 0.25) is 59.1 Å². The Bertz CT molecular complexity index is 2900. The maximum Gasteiger partial charge on any atom is 0.243 e. The average molecular weight is 1590 g/mol. The second-order valence-corrected chi connectivity index (χ2v) is 28.4. The van der Waals surface area contributed by atoms with E-state index in [4.69, 9.17) is 33.2 Å². The Morgan fingerprint density at radius 3 is 1.22 bits per heavy atom. The van der Waals surface area contributed by atoms with Crippen molar-refractivity contribution in [2.45, 2.75) is 279 Å². The SMILES string of the molecule is COCC(CO)CCCCNC(=O)[C@H](Cc1ccccc1)NC(=O)[C@H](CCCCNC(=O)CCCCO[C@@H]1OC(CO)[C@H](O)[C@H](O)C1NC(C)=O)NC(=O)CC[C@H](CCCCNC(=O)CCCCO[C@@H]1OC(CO)[C@H](O)[C@H](O)C1NC(C)=O)NC(=O)CCCNC(=O)CCCCO[C@@H]1OC(CO)[C@H](O)[C@H](O)C1NC(C)=O. The van der Waals surface area contributed by atoms with Gasteiger partial charge >= 0.3 is 0 Å². The first kappa shape index (κ1) is 96.6. The van der Waals surface area contributed by atoms with Crippen molar-refractivity contribution in [1.82, 2.24) is 53.2 Å². The Morgan fingerprint density at radius 1 is 0.405 bits per heavy atom. The predicted molar refractivity (Wildman–Crippen MR) is 396 cm³/mol. The molecule has 0 spiro atoms. The van der Waals surface area contributed by atoms with Crippen LogP contribution in [0.25, 0.3) is 0 Å². The number of aliphatic hydroxyl groups is 10. The quantitative estimate of drug-likeness (QED) is 0.0275. The van der Waals surface area contributed by atoms with Gasteiger partial charge < -0.3 is 137 Å². The summed E-state index contributed by atoms with van der Waals surface area (Å²) in [5.74, 6) is -4.45. The maximum absolute atomic E-state index is 14.6. The Balaban J connectivity index is 1.39. The summed E-state index contributed by atoms with van der Waals surface area (Å²) in [6, 6.07) is 2.84. The van der Waals surface area contributed by atoms with Gasteiger partial charge in [0, 0.05) is 131 Å². The number of hydrogen-bond donors (Lipinski definition) is 20. The van der Waals surface area contributed by atoms with Crippen LogP contribution in [0.5, 0.6) is 0 Å². The van der Waals surface area contributed by atoms with Crippen molar-refractivity contribution in [2.24, 2.45) is 5.92 Å². The summed E-state index contributed by atoms with van der Waals surface area (Å²) in [7, 11) is 1.55. The van der Waals surface area contributed by atoms with E-state index >= 15 is 0 Å². The lowest BCUT2D eigenvalue weighted by atomic mass is 9.97. The molecule has 111 heavy (non-hydrogen) atoms. The predicted octanol–water partition coefficient (Wildman–Crippen LogP) is -4.13. The third-order valence-electron chi connectivity index (χ3n) is 19.1. The van der Waals surface area contributed by atoms with Crippen molar-refractivity contribution in [3.63, 3.8) is 0 Å². The molecule has 1 aromatic rings. The van der Waals surface area contributed by atoms with Gasteiger partial charge in [-0.15, -0.1) is 0 Å². The lowest BCUT2D eigenvalue weighted by Gasteiger charge is -2.42. The van der Waals surface area contributed by atoms with Crippen LogP contribution >= 0.6 is 0 Å². The molecule has 0 saturated carbocycles. The normalized spacial score (nSPS) is 24.8. The first-order valence-corrected chi connectivity index (χ1v) is 38.9. The minimum atomic E-state index is -1.48. The average Bonchev–Trinajstić information content (AvgIpc) is 0.819. The van der Waals surface area contributed by atoms with E-state index in [9.17, 15) is 99.0 Å². The molecule has 3 aliphatic rings. The van der Waals surface area contributed by atoms with Crippen LogP contribution in [0.4, 0.5) is 0 Å². The number of hydrogen-bond acceptors (Lipinski definition) is 27. The molecule has 0 aliphatic carbocycles. The van der Waals surface area contributed by atoms with E-state index in [1.54, 1.807) is 19.2 Å². The molecule has 1 aromatic carbocycles. The molecular formula is C74H126N10O27. The van der Waals surface area contributed by atoms with E-state index < -0.39 is 165 Å². The van der Waals surface area contributed by atoms with Gasteiger partial charge in [-0.3, -0.25) is 47.9 Å². The molecule has 0 radical (unpaired) electrons. The first-order valence-electron chi connectivity index (χ1n) is 38.9. The van der Waals surface area contributed by atoms with E-state index in [2.05, 4.69) is 53.2 Å². The van der Waals surface area contributed by atoms with Crippen LogP contribution in [0.1, 0.15) is 168 Å². The Hall–Kier alpha value is -6.76. The topological polar surface area (TPSA) is 558 Å². The third-order valence-corrected chi connectivity index (χ3v) is 19.1. The zero-order valence-electron chi connectivity index (χ0n) is 64.5. The minimum absolute atomic E-state index is 0.0127. The van der Waals surface area contributed by atoms with E-state index in [-0.39, 0.29) is 140 Å². The van der Waals surface area contributed by atoms with Crippen LogP contribution in [0, 0.1) is 5.92 Å². The van der Waals surface area contributed by atoms with Crippen LogP contribution in [0.15, 0.2) is 30.3 Å². The largest absolute Gasteiger partial charge is 0.396 e. The van der Waals surface area contributed by atoms with Crippen LogP contribution in [-0.4, -0.2) is 306 Å². The Labute approximate surface area is 648 Å². The van der Waals surface area contributed by atoms with Crippen LogP contribution in [0.2, 0.25) is 0 Å². The summed E-state index contributed by atoms with van der Waals surface area (Å²) >= 11 is 0. The number of aliphatic hydroxyl groups excluding tert-OH is 10. The summed E-state index contributed by atoms with van der Waals surface area (Å²) in [4.78, 5) is 131. The van der Waals surface area contributed by atoms with E-state index in [1.807, 2.05) is 18.2 Å². The molecule has 4 rings (SSSR count). The van der Waals surface area contributed by atoms with Crippen LogP contribution < -0.4 is 53.2 Å². The van der Waals surface area contributed by atoms with Crippen molar-refractivity contribution in [3.05, 3.63) is 35.9 Å². The van der Waals surface area contributed by atoms with E-state index in [0.29, 0.717) is 96.5 Å². The second kappa shape index (κ2) is 54.9. The van der Waals surface area contributed by atoms with Gasteiger partial charge in [-0.05, 0) is 108 Å². The molecule has 3 fully saturated rings. The monoisotopic (exact) mass is 1590 g/mol. The van der Waals surface area contributed by atoms with Gasteiger partial charge in [-0.2, -0.15) is 0 Å². The fourth-order valence-electron chi connectivity index (χ4n) is 12.9. The molecule has 19 atom stereocenters. The zero-order chi connectivity index (χ0) is 81.6. The minimum Gasteiger partial charge on any atom is -0.396 e. The Kier molecular flexibility index (Phi) is 47.8. The number of methoxy groups -OCH3 is 1. The van der Waals surface area contributed by atoms with Gasteiger partial charge in [0.1, 0.15) is 85.1 Å². The van der Waals surface area contributed by atoms with Crippen molar-refractivity contribution in [2.75, 3.05) is 86.1 Å². The summed E-state index contributed by atoms with van der Waals surface area (Å²) < 4.78 is 39.2. The molecule has 3 heterocycles. The van der Waals surface area contributed by atoms with Gasteiger partial charge in [-0.25, -0.2) is 0 Å². The number of benzene rings is 1. The fraction of sp³-hybridized carbons (Fsp3) is 0.784. The molecular weight excluding hydrogens is 1460 g/mol. The lowest BCUT2D eigenvalue weighted by molar-refractivity contribution is -0.270. The number of nitrogens with one attached hydrogen (secondary N) is 10. The van der Waals surface area contributed by atoms with Crippen molar-refractivity contribution < 1.29 is 132 Å². The highest BCUT2D eigenvalue weighted by atomic mass is 16.7. The summed E-state index contributed by atoms with van der Waals surface area (Å²) in [5, 5.41) is 129. The van der Waals surface area contributed by atoms with Crippen molar-refractivity contribution >= 4 is 59.1 Å². The molecule has 3 saturated heterocycles. The fourth-order valence-corrected chi connectivity index (χ4v) is 12.9. The molecule has 20 N–H and O–H groups in total. The standard InChI is InChI=1S/C74H126N10O27/c1-45(89)79-61-67(100)64(97)53(41-86)109-72(61)106-36-17-11-26-56(92)75-32-15-9-24-50(82-59(95)29-20-35-77-58(94)28-13-19-38-108-74-63(81-47(3)91)69(102)66(99)55(43-88)111-74)30-31-60(96)83-51(71(104)84-52(39-48-21-6-5-7-22-48)70(103)78-34-14-8-23-49(40-85)44-105-4)25-10-16-33-76-57(93)27-12-18-37-107-73-62(80-46(2)90)68(101)65(98)54(42-87)110-73/h5-7,21-22,49-55,61-69,72-74,85-88,97-102H,8-20,23-44H2,1-4H3,(H,75,92)(H,76,93)(H,77,94)(H,78,103)(H,79,89)(H,80,90)(H,81,91)(H,82,95)(H,83,96)(H,84,104)/t49?,50-,51-,52-,53?,54?,55?,61?,62?,63?,64-,65-,66-,67+,68+,69+,72+,73+,74+/m0/s1. The number of ether oxygens (including phenoxy) is 7. The zero-order valence-corrected chi connectivity index (χ0v) is 64.5. The number of unbranched alkanes of at least 4 members (excludes halogenated alkanes) is 6. The molecule has 7 unspecified atom stereocenters. The van der Waals surface area contributed by atoms with Crippen LogP contribution in [0.3, 0.4) is 0 Å². The van der Waals surface area contributed by atoms with Gasteiger partial charge in [0.25, 0.3) is 0 Å². The van der Waals surface area contributed by atoms with Crippen LogP contribution in [-0.2, 0) is 87.5 Å². The first-order chi connectivity index (χ1) is 53.2. The number of carbonyl (C=O) groups is 10.